The number of nitrogens with zero attached hydrogens (tertiary/aromatic N) is 5. The van der Waals surface area contributed by atoms with Crippen molar-refractivity contribution in [2.45, 2.75) is 51.0 Å². The number of hydrogen-bond donors (Lipinski definition) is 2. The highest BCUT2D eigenvalue weighted by atomic mass is 35.5. The summed E-state index contributed by atoms with van der Waals surface area (Å²) in [5, 5.41) is 14.8. The van der Waals surface area contributed by atoms with Crippen LogP contribution in [-0.4, -0.2) is 81.0 Å². The highest BCUT2D eigenvalue weighted by molar-refractivity contribution is 6.39. The molecule has 7 rings (SSSR count). The molecule has 270 valence electrons. The number of methoxy groups -OCH3 is 1. The van der Waals surface area contributed by atoms with Crippen LogP contribution in [0.5, 0.6) is 5.88 Å². The molecule has 2 aliphatic rings. The Labute approximate surface area is 312 Å². The van der Waals surface area contributed by atoms with E-state index in [2.05, 4.69) is 34.1 Å². The Morgan fingerprint density at radius 3 is 2.25 bits per heavy atom. The smallest absolute Gasteiger partial charge is 0.407 e. The van der Waals surface area contributed by atoms with Crippen LogP contribution in [0.4, 0.5) is 4.79 Å². The second-order valence-electron chi connectivity index (χ2n) is 13.4. The van der Waals surface area contributed by atoms with Gasteiger partial charge < -0.3 is 29.4 Å². The number of benzene rings is 2. The number of pyridine rings is 2. The molecule has 11 nitrogen and oxygen atoms in total. The van der Waals surface area contributed by atoms with Crippen molar-refractivity contribution < 1.29 is 24.2 Å². The summed E-state index contributed by atoms with van der Waals surface area (Å²) in [5.74, 6) is 0.212. The van der Waals surface area contributed by atoms with Gasteiger partial charge in [-0.1, -0.05) is 59.6 Å². The number of hydrogen-bond acceptors (Lipinski definition) is 7. The highest BCUT2D eigenvalue weighted by Crippen LogP contribution is 2.42. The van der Waals surface area contributed by atoms with Crippen molar-refractivity contribution in [1.29, 1.82) is 0 Å². The molecule has 2 atom stereocenters. The zero-order valence-electron chi connectivity index (χ0n) is 29.2. The Hall–Kier alpha value is -4.68. The number of carbonyl (C=O) groups excluding carboxylic acids is 1. The molecule has 0 radical (unpaired) electrons. The van der Waals surface area contributed by atoms with E-state index >= 15 is 0 Å². The van der Waals surface area contributed by atoms with Gasteiger partial charge in [0.25, 0.3) is 0 Å². The molecular weight excluding hydrogens is 703 g/mol. The van der Waals surface area contributed by atoms with Gasteiger partial charge in [-0.25, -0.2) is 14.8 Å². The van der Waals surface area contributed by atoms with E-state index in [-0.39, 0.29) is 37.1 Å². The van der Waals surface area contributed by atoms with E-state index in [4.69, 9.17) is 42.6 Å². The summed E-state index contributed by atoms with van der Waals surface area (Å²) in [4.78, 5) is 37.0. The molecule has 0 bridgehead atoms. The summed E-state index contributed by atoms with van der Waals surface area (Å²) in [6.07, 6.45) is 4.29. The van der Waals surface area contributed by atoms with Gasteiger partial charge in [0.05, 0.1) is 35.1 Å². The lowest BCUT2D eigenvalue weighted by Crippen LogP contribution is -2.41. The van der Waals surface area contributed by atoms with Gasteiger partial charge in [0.1, 0.15) is 11.9 Å². The van der Waals surface area contributed by atoms with E-state index in [1.54, 1.807) is 12.1 Å². The normalized spacial score (nSPS) is 17.2. The average molecular weight is 744 g/mol. The second-order valence-corrected chi connectivity index (χ2v) is 14.1. The standard InChI is InChI=1S/C39H40Cl2N6O5/c1-45(34-11-6-18-52-34)19-24-20-46(2)37-26(24)14-16-31(43-37)29-9-4-7-27(35(29)40)28-8-5-10-30(36(28)41)32-15-12-23(38(44-32)51-3)21-47(39(49)50)22-25-13-17-33(48)42-25/h4-5,7-10,12,14-16,20,25,34H,6,11,13,17-19,21-22H2,1-3H3,(H,42,48)(H,49,50)/t25-,34-/m0/s1. The molecule has 2 aromatic carbocycles. The Morgan fingerprint density at radius 2 is 1.63 bits per heavy atom. The maximum Gasteiger partial charge on any atom is 0.407 e. The molecule has 13 heteroatoms. The van der Waals surface area contributed by atoms with Gasteiger partial charge in [-0.3, -0.25) is 9.69 Å². The second kappa shape index (κ2) is 15.1. The molecule has 5 heterocycles. The quantitative estimate of drug-likeness (QED) is 0.142. The maximum atomic E-state index is 12.1. The summed E-state index contributed by atoms with van der Waals surface area (Å²) in [6.45, 7) is 1.79. The fourth-order valence-electron chi connectivity index (χ4n) is 7.18. The lowest BCUT2D eigenvalue weighted by Gasteiger charge is -2.23. The van der Waals surface area contributed by atoms with Crippen LogP contribution in [-0.2, 0) is 29.7 Å². The van der Waals surface area contributed by atoms with Crippen molar-refractivity contribution in [3.63, 3.8) is 0 Å². The molecule has 52 heavy (non-hydrogen) atoms. The lowest BCUT2D eigenvalue weighted by molar-refractivity contribution is -0.119. The van der Waals surface area contributed by atoms with Crippen LogP contribution in [0.15, 0.2) is 66.9 Å². The maximum absolute atomic E-state index is 12.1. The van der Waals surface area contributed by atoms with Crippen molar-refractivity contribution >= 4 is 46.2 Å². The molecule has 2 amide bonds. The third-order valence-corrected chi connectivity index (χ3v) is 10.7. The highest BCUT2D eigenvalue weighted by Gasteiger charge is 2.27. The fourth-order valence-corrected chi connectivity index (χ4v) is 7.82. The van der Waals surface area contributed by atoms with E-state index in [0.717, 1.165) is 59.4 Å². The summed E-state index contributed by atoms with van der Waals surface area (Å²) in [7, 11) is 5.60. The molecule has 2 N–H and O–H groups in total. The summed E-state index contributed by atoms with van der Waals surface area (Å²) in [6, 6.07) is 19.0. The van der Waals surface area contributed by atoms with Crippen LogP contribution in [0.25, 0.3) is 44.7 Å². The van der Waals surface area contributed by atoms with Crippen LogP contribution in [0.3, 0.4) is 0 Å². The first-order valence-corrected chi connectivity index (χ1v) is 18.0. The Balaban J connectivity index is 1.16. The molecule has 0 spiro atoms. The van der Waals surface area contributed by atoms with Gasteiger partial charge >= 0.3 is 6.09 Å². The van der Waals surface area contributed by atoms with Gasteiger partial charge in [-0.15, -0.1) is 0 Å². The molecule has 2 saturated heterocycles. The minimum atomic E-state index is -1.09. The average Bonchev–Trinajstić information content (AvgIpc) is 3.90. The predicted octanol–water partition coefficient (Wildman–Crippen LogP) is 7.61. The van der Waals surface area contributed by atoms with E-state index in [0.29, 0.717) is 39.7 Å². The zero-order chi connectivity index (χ0) is 36.5. The van der Waals surface area contributed by atoms with E-state index in [1.807, 2.05) is 49.5 Å². The zero-order valence-corrected chi connectivity index (χ0v) is 30.7. The van der Waals surface area contributed by atoms with E-state index in [9.17, 15) is 14.7 Å². The van der Waals surface area contributed by atoms with E-state index < -0.39 is 6.09 Å². The molecule has 0 saturated carbocycles. The van der Waals surface area contributed by atoms with E-state index in [1.165, 1.54) is 17.6 Å². The topological polar surface area (TPSA) is 122 Å². The monoisotopic (exact) mass is 742 g/mol. The SMILES string of the molecule is COc1nc(-c2cccc(-c3cccc(-c4ccc5c(CN(C)[C@@H]6CCCO6)cn(C)c5n4)c3Cl)c2Cl)ccc1CN(C[C@@H]1CCC(=O)N1)C(=O)O. The number of aryl methyl sites for hydroxylation is 1. The minimum Gasteiger partial charge on any atom is -0.481 e. The largest absolute Gasteiger partial charge is 0.481 e. The molecule has 0 unspecified atom stereocenters. The number of halogens is 2. The van der Waals surface area contributed by atoms with Crippen LogP contribution in [0.2, 0.25) is 10.0 Å². The van der Waals surface area contributed by atoms with Crippen molar-refractivity contribution in [2.75, 3.05) is 27.3 Å². The van der Waals surface area contributed by atoms with Gasteiger partial charge in [0.15, 0.2) is 0 Å². The third kappa shape index (κ3) is 7.18. The van der Waals surface area contributed by atoms with Crippen molar-refractivity contribution in [1.82, 2.24) is 29.7 Å². The number of carbonyl (C=O) groups is 2. The first-order chi connectivity index (χ1) is 25.1. The Bertz CT molecular complexity index is 2150. The number of carboxylic acid groups (broad SMARTS) is 1. The number of fused-ring (bicyclic) bond motifs is 1. The van der Waals surface area contributed by atoms with Crippen molar-refractivity contribution in [2.24, 2.45) is 7.05 Å². The van der Waals surface area contributed by atoms with Gasteiger partial charge in [0, 0.05) is 78.6 Å². The number of rotatable bonds is 11. The number of amides is 2. The third-order valence-electron chi connectivity index (χ3n) is 9.85. The predicted molar refractivity (Wildman–Crippen MR) is 201 cm³/mol. The Kier molecular flexibility index (Phi) is 10.4. The minimum absolute atomic E-state index is 0.0463. The first-order valence-electron chi connectivity index (χ1n) is 17.3. The molecule has 2 aliphatic heterocycles. The number of aromatic nitrogens is 3. The lowest BCUT2D eigenvalue weighted by atomic mass is 9.98. The molecular formula is C39H40Cl2N6O5. The summed E-state index contributed by atoms with van der Waals surface area (Å²) in [5.41, 5.74) is 6.88. The summed E-state index contributed by atoms with van der Waals surface area (Å²) >= 11 is 14.3. The molecule has 2 fully saturated rings. The van der Waals surface area contributed by atoms with Crippen LogP contribution >= 0.6 is 23.2 Å². The van der Waals surface area contributed by atoms with Gasteiger partial charge in [-0.05, 0) is 56.1 Å². The van der Waals surface area contributed by atoms with Gasteiger partial charge in [-0.2, -0.15) is 0 Å². The fraction of sp³-hybridized carbons (Fsp3) is 0.333. The molecule has 0 aliphatic carbocycles. The number of ether oxygens (including phenoxy) is 2. The van der Waals surface area contributed by atoms with Crippen LogP contribution in [0, 0.1) is 0 Å². The van der Waals surface area contributed by atoms with Crippen molar-refractivity contribution in [3.8, 4) is 39.5 Å². The number of nitrogens with one attached hydrogen (secondary N) is 1. The first kappa shape index (κ1) is 35.7. The molecule has 3 aromatic heterocycles. The Morgan fingerprint density at radius 1 is 0.962 bits per heavy atom. The van der Waals surface area contributed by atoms with Crippen LogP contribution < -0.4 is 10.1 Å². The summed E-state index contributed by atoms with van der Waals surface area (Å²) < 4.78 is 13.5. The van der Waals surface area contributed by atoms with Gasteiger partial charge in [0.2, 0.25) is 11.8 Å². The van der Waals surface area contributed by atoms with Crippen LogP contribution in [0.1, 0.15) is 36.8 Å². The van der Waals surface area contributed by atoms with Crippen molar-refractivity contribution in [3.05, 3.63) is 88.0 Å². The molecule has 5 aromatic rings.